The number of ether oxygens (including phenoxy) is 2. The summed E-state index contributed by atoms with van der Waals surface area (Å²) in [5, 5.41) is 2.53. The second kappa shape index (κ2) is 16.5. The Labute approximate surface area is 281 Å². The van der Waals surface area contributed by atoms with Gasteiger partial charge in [-0.15, -0.1) is 0 Å². The van der Waals surface area contributed by atoms with Gasteiger partial charge in [-0.3, -0.25) is 24.1 Å². The average molecular weight is 651 g/mol. The van der Waals surface area contributed by atoms with Crippen molar-refractivity contribution in [3.8, 4) is 5.75 Å². The van der Waals surface area contributed by atoms with Crippen molar-refractivity contribution in [2.45, 2.75) is 59.5 Å². The van der Waals surface area contributed by atoms with Gasteiger partial charge in [0.05, 0.1) is 12.2 Å². The number of nitrogens with zero attached hydrogens (tertiary/aromatic N) is 1. The summed E-state index contributed by atoms with van der Waals surface area (Å²) in [5.41, 5.74) is 3.07. The molecule has 0 bridgehead atoms. The van der Waals surface area contributed by atoms with Crippen molar-refractivity contribution in [3.63, 3.8) is 0 Å². The lowest BCUT2D eigenvalue weighted by molar-refractivity contribution is -0.152. The van der Waals surface area contributed by atoms with Crippen LogP contribution in [-0.4, -0.2) is 53.6 Å². The molecule has 1 aliphatic rings. The Hall–Kier alpha value is -5.31. The molecule has 3 amide bonds. The van der Waals surface area contributed by atoms with Gasteiger partial charge in [0.2, 0.25) is 5.78 Å². The molecule has 0 radical (unpaired) electrons. The van der Waals surface area contributed by atoms with Gasteiger partial charge < -0.3 is 14.8 Å². The maximum Gasteiger partial charge on any atom is 0.328 e. The Morgan fingerprint density at radius 3 is 2.04 bits per heavy atom. The van der Waals surface area contributed by atoms with Gasteiger partial charge in [-0.25, -0.2) is 4.79 Å². The summed E-state index contributed by atoms with van der Waals surface area (Å²) in [6.07, 6.45) is 2.30. The zero-order valence-corrected chi connectivity index (χ0v) is 28.0. The molecular formula is C39H42N2O7. The Bertz CT molecular complexity index is 1690. The highest BCUT2D eigenvalue weighted by Gasteiger charge is 2.47. The number of nitrogens with one attached hydrogen (secondary N) is 1. The first-order valence-corrected chi connectivity index (χ1v) is 16.1. The molecule has 0 saturated heterocycles. The molecular weight excluding hydrogens is 608 g/mol. The van der Waals surface area contributed by atoms with Gasteiger partial charge in [0.1, 0.15) is 24.4 Å². The minimum Gasteiger partial charge on any atom is -0.490 e. The van der Waals surface area contributed by atoms with E-state index >= 15 is 0 Å². The van der Waals surface area contributed by atoms with Crippen LogP contribution < -0.4 is 10.1 Å². The molecule has 0 saturated carbocycles. The van der Waals surface area contributed by atoms with Crippen molar-refractivity contribution in [1.82, 2.24) is 10.2 Å². The Balaban J connectivity index is 1.69. The van der Waals surface area contributed by atoms with Crippen molar-refractivity contribution in [3.05, 3.63) is 119 Å². The van der Waals surface area contributed by atoms with E-state index in [1.54, 1.807) is 85.8 Å². The molecule has 0 spiro atoms. The number of rotatable bonds is 15. The lowest BCUT2D eigenvalue weighted by atomic mass is 9.95. The van der Waals surface area contributed by atoms with Crippen LogP contribution in [0, 0.1) is 5.92 Å². The molecule has 2 atom stereocenters. The molecule has 3 aromatic rings. The summed E-state index contributed by atoms with van der Waals surface area (Å²) in [5.74, 6) is -3.60. The number of carbonyl (C=O) groups excluding carboxylic acids is 5. The quantitative estimate of drug-likeness (QED) is 0.0956. The van der Waals surface area contributed by atoms with Gasteiger partial charge in [0, 0.05) is 12.0 Å². The summed E-state index contributed by atoms with van der Waals surface area (Å²) in [6.45, 7) is 9.92. The second-order valence-electron chi connectivity index (χ2n) is 12.2. The lowest BCUT2D eigenvalue weighted by Gasteiger charge is -2.27. The molecule has 3 aromatic carbocycles. The first kappa shape index (κ1) is 35.5. The van der Waals surface area contributed by atoms with E-state index in [-0.39, 0.29) is 42.1 Å². The first-order valence-electron chi connectivity index (χ1n) is 16.1. The number of Topliss-reactive ketones (excluding diaryl/α,β-unsaturated/α-hetero) is 1. The summed E-state index contributed by atoms with van der Waals surface area (Å²) in [4.78, 5) is 70.0. The third-order valence-electron chi connectivity index (χ3n) is 7.71. The fraction of sp³-hybridized carbons (Fsp3) is 0.308. The van der Waals surface area contributed by atoms with Crippen LogP contribution in [0.4, 0.5) is 0 Å². The molecule has 250 valence electrons. The molecule has 0 fully saturated rings. The number of imide groups is 1. The Morgan fingerprint density at radius 1 is 0.833 bits per heavy atom. The van der Waals surface area contributed by atoms with Gasteiger partial charge >= 0.3 is 5.97 Å². The highest BCUT2D eigenvalue weighted by molar-refractivity contribution is 6.42. The molecule has 9 heteroatoms. The van der Waals surface area contributed by atoms with Gasteiger partial charge in [0.25, 0.3) is 17.7 Å². The maximum atomic E-state index is 14.3. The monoisotopic (exact) mass is 650 g/mol. The van der Waals surface area contributed by atoms with E-state index in [4.69, 9.17) is 9.47 Å². The molecule has 1 heterocycles. The van der Waals surface area contributed by atoms with Crippen LogP contribution in [0.25, 0.3) is 5.57 Å². The van der Waals surface area contributed by atoms with E-state index in [1.807, 2.05) is 39.8 Å². The van der Waals surface area contributed by atoms with Gasteiger partial charge in [0.15, 0.2) is 0 Å². The number of ketones is 1. The maximum absolute atomic E-state index is 14.3. The van der Waals surface area contributed by atoms with Crippen LogP contribution in [0.5, 0.6) is 5.75 Å². The van der Waals surface area contributed by atoms with E-state index in [2.05, 4.69) is 5.32 Å². The fourth-order valence-corrected chi connectivity index (χ4v) is 5.44. The van der Waals surface area contributed by atoms with E-state index in [0.29, 0.717) is 17.9 Å². The highest BCUT2D eigenvalue weighted by Crippen LogP contribution is 2.38. The van der Waals surface area contributed by atoms with Crippen molar-refractivity contribution in [2.75, 3.05) is 13.2 Å². The average Bonchev–Trinajstić information content (AvgIpc) is 3.29. The van der Waals surface area contributed by atoms with Crippen molar-refractivity contribution >= 4 is 35.0 Å². The number of hydrogen-bond acceptors (Lipinski definition) is 7. The minimum atomic E-state index is -1.57. The number of hydrogen-bond donors (Lipinski definition) is 1. The van der Waals surface area contributed by atoms with Gasteiger partial charge in [-0.1, -0.05) is 92.2 Å². The number of carbonyl (C=O) groups is 5. The second-order valence-corrected chi connectivity index (χ2v) is 12.2. The van der Waals surface area contributed by atoms with Crippen molar-refractivity contribution in [1.29, 1.82) is 0 Å². The molecule has 0 aliphatic carbocycles. The van der Waals surface area contributed by atoms with Gasteiger partial charge in [-0.2, -0.15) is 0 Å². The van der Waals surface area contributed by atoms with Crippen LogP contribution in [-0.2, 0) is 35.1 Å². The van der Waals surface area contributed by atoms with E-state index < -0.39 is 41.6 Å². The first-order chi connectivity index (χ1) is 23.0. The topological polar surface area (TPSA) is 119 Å². The third kappa shape index (κ3) is 8.73. The largest absolute Gasteiger partial charge is 0.490 e. The highest BCUT2D eigenvalue weighted by atomic mass is 16.5. The van der Waals surface area contributed by atoms with Crippen LogP contribution in [0.2, 0.25) is 0 Å². The van der Waals surface area contributed by atoms with Crippen LogP contribution in [0.1, 0.15) is 63.8 Å². The SMILES string of the molecule is CCOC(=O)[C@H](Cc1ccccc1)NC(=O)C(=O)C(c1ccccc1)N1C(=O)C(CC(C)C)=C(c2ccc(OCC=C(C)C)cc2)C1=O. The molecule has 4 rings (SSSR count). The van der Waals surface area contributed by atoms with Crippen LogP contribution in [0.3, 0.4) is 0 Å². The van der Waals surface area contributed by atoms with E-state index in [1.165, 1.54) is 0 Å². The molecule has 1 unspecified atom stereocenters. The summed E-state index contributed by atoms with van der Waals surface area (Å²) < 4.78 is 11.0. The third-order valence-corrected chi connectivity index (χ3v) is 7.71. The normalized spacial score (nSPS) is 14.1. The summed E-state index contributed by atoms with van der Waals surface area (Å²) in [7, 11) is 0. The Morgan fingerprint density at radius 2 is 1.46 bits per heavy atom. The van der Waals surface area contributed by atoms with Gasteiger partial charge in [-0.05, 0) is 68.0 Å². The van der Waals surface area contributed by atoms with Crippen LogP contribution in [0.15, 0.2) is 102 Å². The summed E-state index contributed by atoms with van der Waals surface area (Å²) >= 11 is 0. The number of allylic oxidation sites excluding steroid dienone is 1. The molecule has 0 aromatic heterocycles. The molecule has 1 N–H and O–H groups in total. The fourth-order valence-electron chi connectivity index (χ4n) is 5.44. The van der Waals surface area contributed by atoms with E-state index in [0.717, 1.165) is 16.0 Å². The molecule has 48 heavy (non-hydrogen) atoms. The predicted molar refractivity (Wildman–Crippen MR) is 182 cm³/mol. The van der Waals surface area contributed by atoms with Crippen LogP contribution >= 0.6 is 0 Å². The number of esters is 1. The van der Waals surface area contributed by atoms with Crippen molar-refractivity contribution < 1.29 is 33.4 Å². The van der Waals surface area contributed by atoms with Crippen molar-refractivity contribution in [2.24, 2.45) is 5.92 Å². The molecule has 9 nitrogen and oxygen atoms in total. The number of amides is 3. The summed E-state index contributed by atoms with van der Waals surface area (Å²) in [6, 6.07) is 21.3. The standard InChI is InChI=1S/C39H42N2O7/c1-6-47-39(46)32(24-27-13-9-7-10-14-27)40-36(43)35(42)34(29-15-11-8-12-16-29)41-37(44)31(23-26(4)5)33(38(41)45)28-17-19-30(20-18-28)48-22-21-25(2)3/h7-21,26,32,34H,6,22-24H2,1-5H3,(H,40,43)/t32-,34?/m0/s1. The lowest BCUT2D eigenvalue weighted by Crippen LogP contribution is -2.50. The zero-order chi connectivity index (χ0) is 34.8. The predicted octanol–water partition coefficient (Wildman–Crippen LogP) is 5.80. The minimum absolute atomic E-state index is 0.0101. The number of benzene rings is 3. The Kier molecular flexibility index (Phi) is 12.2. The smallest absolute Gasteiger partial charge is 0.328 e. The molecule has 1 aliphatic heterocycles. The van der Waals surface area contributed by atoms with E-state index in [9.17, 15) is 24.0 Å². The zero-order valence-electron chi connectivity index (χ0n) is 28.0.